The van der Waals surface area contributed by atoms with Crippen molar-refractivity contribution >= 4 is 23.6 Å². The van der Waals surface area contributed by atoms with Gasteiger partial charge in [0.1, 0.15) is 0 Å². The van der Waals surface area contributed by atoms with Crippen molar-refractivity contribution in [1.29, 1.82) is 0 Å². The normalized spacial score (nSPS) is 18.2. The van der Waals surface area contributed by atoms with Gasteiger partial charge in [-0.3, -0.25) is 9.78 Å². The molecule has 0 spiro atoms. The van der Waals surface area contributed by atoms with Crippen molar-refractivity contribution in [3.8, 4) is 0 Å². The maximum atomic E-state index is 12.2. The van der Waals surface area contributed by atoms with Gasteiger partial charge in [0.25, 0.3) is 5.91 Å². The Bertz CT molecular complexity index is 495. The van der Waals surface area contributed by atoms with Crippen LogP contribution in [0, 0.1) is 0 Å². The second-order valence-corrected chi connectivity index (χ2v) is 4.64. The Hall–Kier alpha value is -1.82. The Labute approximate surface area is 115 Å². The number of likely N-dealkylation sites (tertiary alicyclic amines) is 1. The third-order valence-electron chi connectivity index (χ3n) is 2.99. The summed E-state index contributed by atoms with van der Waals surface area (Å²) in [5.41, 5.74) is 0.426. The Morgan fingerprint density at radius 1 is 1.58 bits per heavy atom. The molecule has 0 radical (unpaired) electrons. The number of methoxy groups -OCH3 is 1. The molecule has 0 aromatic carbocycles. The zero-order valence-electron chi connectivity index (χ0n) is 10.4. The van der Waals surface area contributed by atoms with E-state index < -0.39 is 6.09 Å². The van der Waals surface area contributed by atoms with E-state index in [4.69, 9.17) is 11.6 Å². The fourth-order valence-electron chi connectivity index (χ4n) is 2.01. The zero-order chi connectivity index (χ0) is 13.8. The summed E-state index contributed by atoms with van der Waals surface area (Å²) < 4.78 is 4.53. The van der Waals surface area contributed by atoms with Crippen molar-refractivity contribution in [2.24, 2.45) is 0 Å². The largest absolute Gasteiger partial charge is 0.453 e. The molecule has 0 saturated carbocycles. The number of alkyl carbamates (subject to hydrolysis) is 1. The lowest BCUT2D eigenvalue weighted by Gasteiger charge is -2.17. The summed E-state index contributed by atoms with van der Waals surface area (Å²) in [6, 6.07) is 1.50. The van der Waals surface area contributed by atoms with E-state index in [1.165, 1.54) is 19.5 Å². The van der Waals surface area contributed by atoms with Crippen molar-refractivity contribution in [2.75, 3.05) is 20.2 Å². The summed E-state index contributed by atoms with van der Waals surface area (Å²) in [7, 11) is 1.31. The van der Waals surface area contributed by atoms with E-state index in [1.807, 2.05) is 0 Å². The fraction of sp³-hybridized carbons (Fsp3) is 0.417. The van der Waals surface area contributed by atoms with Crippen LogP contribution >= 0.6 is 11.6 Å². The molecule has 19 heavy (non-hydrogen) atoms. The van der Waals surface area contributed by atoms with E-state index in [0.29, 0.717) is 30.1 Å². The summed E-state index contributed by atoms with van der Waals surface area (Å²) in [6.45, 7) is 1.03. The van der Waals surface area contributed by atoms with Gasteiger partial charge in [-0.25, -0.2) is 4.79 Å². The quantitative estimate of drug-likeness (QED) is 0.888. The van der Waals surface area contributed by atoms with Crippen LogP contribution in [0.5, 0.6) is 0 Å². The number of rotatable bonds is 2. The first kappa shape index (κ1) is 13.6. The van der Waals surface area contributed by atoms with E-state index in [2.05, 4.69) is 15.0 Å². The highest BCUT2D eigenvalue weighted by atomic mass is 35.5. The third-order valence-corrected chi connectivity index (χ3v) is 3.29. The van der Waals surface area contributed by atoms with Gasteiger partial charge in [0.2, 0.25) is 0 Å². The van der Waals surface area contributed by atoms with Crippen LogP contribution in [0.25, 0.3) is 0 Å². The Morgan fingerprint density at radius 2 is 2.37 bits per heavy atom. The number of carbonyl (C=O) groups is 2. The highest BCUT2D eigenvalue weighted by Crippen LogP contribution is 2.19. The highest BCUT2D eigenvalue weighted by molar-refractivity contribution is 6.33. The lowest BCUT2D eigenvalue weighted by molar-refractivity contribution is 0.0788. The van der Waals surface area contributed by atoms with Gasteiger partial charge >= 0.3 is 6.09 Å². The summed E-state index contributed by atoms with van der Waals surface area (Å²) in [5.74, 6) is -0.151. The lowest BCUT2D eigenvalue weighted by atomic mass is 10.2. The molecule has 2 heterocycles. The number of ether oxygens (including phenoxy) is 1. The number of pyridine rings is 1. The molecule has 7 heteroatoms. The number of amides is 2. The second-order valence-electron chi connectivity index (χ2n) is 4.23. The smallest absolute Gasteiger partial charge is 0.407 e. The minimum atomic E-state index is -0.485. The number of nitrogens with zero attached hydrogens (tertiary/aromatic N) is 2. The molecular formula is C12H14ClN3O3. The molecule has 1 unspecified atom stereocenters. The van der Waals surface area contributed by atoms with Crippen molar-refractivity contribution in [1.82, 2.24) is 15.2 Å². The number of carbonyl (C=O) groups excluding carboxylic acids is 2. The Balaban J connectivity index is 1.99. The van der Waals surface area contributed by atoms with Gasteiger partial charge < -0.3 is 15.0 Å². The van der Waals surface area contributed by atoms with Gasteiger partial charge in [-0.1, -0.05) is 11.6 Å². The number of hydrogen-bond donors (Lipinski definition) is 1. The molecule has 1 aliphatic rings. The van der Waals surface area contributed by atoms with Gasteiger partial charge in [0, 0.05) is 25.5 Å². The molecule has 1 aliphatic heterocycles. The molecule has 2 rings (SSSR count). The fourth-order valence-corrected chi connectivity index (χ4v) is 2.21. The number of halogens is 1. The first-order valence-corrected chi connectivity index (χ1v) is 6.23. The molecule has 1 fully saturated rings. The van der Waals surface area contributed by atoms with Crippen LogP contribution < -0.4 is 5.32 Å². The van der Waals surface area contributed by atoms with Crippen molar-refractivity contribution in [3.05, 3.63) is 29.0 Å². The van der Waals surface area contributed by atoms with E-state index in [9.17, 15) is 9.59 Å². The molecule has 2 amide bonds. The molecule has 0 bridgehead atoms. The van der Waals surface area contributed by atoms with Crippen LogP contribution in [0.15, 0.2) is 18.5 Å². The second kappa shape index (κ2) is 5.88. The van der Waals surface area contributed by atoms with Crippen LogP contribution in [0.1, 0.15) is 16.8 Å². The molecule has 1 aromatic rings. The van der Waals surface area contributed by atoms with Crippen molar-refractivity contribution in [3.63, 3.8) is 0 Å². The first-order valence-electron chi connectivity index (χ1n) is 5.85. The minimum Gasteiger partial charge on any atom is -0.453 e. The molecule has 1 saturated heterocycles. The van der Waals surface area contributed by atoms with Gasteiger partial charge in [0.15, 0.2) is 0 Å². The van der Waals surface area contributed by atoms with Gasteiger partial charge in [0.05, 0.1) is 23.7 Å². The van der Waals surface area contributed by atoms with Crippen LogP contribution in [0.3, 0.4) is 0 Å². The van der Waals surface area contributed by atoms with E-state index in [0.717, 1.165) is 0 Å². The standard InChI is InChI=1S/C12H14ClN3O3/c1-19-12(18)15-8-3-5-16(7-8)11(17)9-2-4-14-6-10(9)13/h2,4,6,8H,3,5,7H2,1H3,(H,15,18). The van der Waals surface area contributed by atoms with Crippen LogP contribution in [-0.4, -0.2) is 48.1 Å². The van der Waals surface area contributed by atoms with Crippen LogP contribution in [-0.2, 0) is 4.74 Å². The van der Waals surface area contributed by atoms with E-state index in [1.54, 1.807) is 11.0 Å². The molecule has 6 nitrogen and oxygen atoms in total. The number of nitrogens with one attached hydrogen (secondary N) is 1. The summed E-state index contributed by atoms with van der Waals surface area (Å²) in [6.07, 6.45) is 3.18. The van der Waals surface area contributed by atoms with Gasteiger partial charge in [-0.05, 0) is 12.5 Å². The molecule has 102 valence electrons. The average molecular weight is 284 g/mol. The predicted molar refractivity (Wildman–Crippen MR) is 69.1 cm³/mol. The molecule has 1 N–H and O–H groups in total. The van der Waals surface area contributed by atoms with Crippen LogP contribution in [0.2, 0.25) is 5.02 Å². The highest BCUT2D eigenvalue weighted by Gasteiger charge is 2.28. The number of aromatic nitrogens is 1. The SMILES string of the molecule is COC(=O)NC1CCN(C(=O)c2ccncc2Cl)C1. The average Bonchev–Trinajstić information content (AvgIpc) is 2.87. The maximum absolute atomic E-state index is 12.2. The van der Waals surface area contributed by atoms with Crippen molar-refractivity contribution < 1.29 is 14.3 Å². The van der Waals surface area contributed by atoms with Gasteiger partial charge in [-0.2, -0.15) is 0 Å². The molecule has 0 aliphatic carbocycles. The van der Waals surface area contributed by atoms with Crippen LogP contribution in [0.4, 0.5) is 4.79 Å². The molecule has 1 atom stereocenters. The summed E-state index contributed by atoms with van der Waals surface area (Å²) in [5, 5.41) is 3.01. The number of hydrogen-bond acceptors (Lipinski definition) is 4. The lowest BCUT2D eigenvalue weighted by Crippen LogP contribution is -2.38. The van der Waals surface area contributed by atoms with E-state index >= 15 is 0 Å². The third kappa shape index (κ3) is 3.14. The zero-order valence-corrected chi connectivity index (χ0v) is 11.2. The van der Waals surface area contributed by atoms with E-state index in [-0.39, 0.29) is 11.9 Å². The maximum Gasteiger partial charge on any atom is 0.407 e. The summed E-state index contributed by atoms with van der Waals surface area (Å²) in [4.78, 5) is 28.8. The Kier molecular flexibility index (Phi) is 4.21. The first-order chi connectivity index (χ1) is 9.11. The monoisotopic (exact) mass is 283 g/mol. The van der Waals surface area contributed by atoms with Crippen molar-refractivity contribution in [2.45, 2.75) is 12.5 Å². The molecular weight excluding hydrogens is 270 g/mol. The van der Waals surface area contributed by atoms with Gasteiger partial charge in [-0.15, -0.1) is 0 Å². The molecule has 1 aromatic heterocycles. The minimum absolute atomic E-state index is 0.0861. The summed E-state index contributed by atoms with van der Waals surface area (Å²) >= 11 is 5.94. The predicted octanol–water partition coefficient (Wildman–Crippen LogP) is 1.31. The topological polar surface area (TPSA) is 71.5 Å². The Morgan fingerprint density at radius 3 is 3.05 bits per heavy atom.